The molecule has 5 heteroatoms. The molecule has 1 aromatic carbocycles. The minimum atomic E-state index is -0.593. The molecule has 0 aromatic heterocycles. The average Bonchev–Trinajstić information content (AvgIpc) is 2.33. The lowest BCUT2D eigenvalue weighted by molar-refractivity contribution is 0.0952. The van der Waals surface area contributed by atoms with Crippen molar-refractivity contribution >= 4 is 12.2 Å². The zero-order valence-corrected chi connectivity index (χ0v) is 11.3. The minimum Gasteiger partial charge on any atom is -0.439 e. The third-order valence-electron chi connectivity index (χ3n) is 2.22. The molecule has 102 valence electrons. The Morgan fingerprint density at radius 2 is 2.00 bits per heavy atom. The lowest BCUT2D eigenvalue weighted by Gasteiger charge is -2.23. The average molecular weight is 262 g/mol. The van der Waals surface area contributed by atoms with Gasteiger partial charge in [0.15, 0.2) is 0 Å². The van der Waals surface area contributed by atoms with Crippen molar-refractivity contribution in [1.82, 2.24) is 5.32 Å². The minimum absolute atomic E-state index is 0.0606. The third-order valence-corrected chi connectivity index (χ3v) is 2.22. The van der Waals surface area contributed by atoms with E-state index in [1.165, 1.54) is 6.08 Å². The van der Waals surface area contributed by atoms with Crippen LogP contribution in [0.4, 0.5) is 4.79 Å². The van der Waals surface area contributed by atoms with Crippen LogP contribution in [0.1, 0.15) is 32.4 Å². The molecule has 1 rings (SSSR count). The Balaban J connectivity index is 2.76. The highest BCUT2D eigenvalue weighted by Gasteiger charge is 2.20. The molecular weight excluding hydrogens is 244 g/mol. The number of hydrogen-bond donors (Lipinski definition) is 1. The Kier molecular flexibility index (Phi) is 5.27. The van der Waals surface area contributed by atoms with Crippen molar-refractivity contribution in [2.45, 2.75) is 32.4 Å². The van der Waals surface area contributed by atoms with Gasteiger partial charge in [-0.15, -0.1) is 0 Å². The molecule has 0 bridgehead atoms. The molecule has 0 heterocycles. The van der Waals surface area contributed by atoms with E-state index < -0.39 is 12.2 Å². The van der Waals surface area contributed by atoms with Gasteiger partial charge in [-0.1, -0.05) is 30.3 Å². The molecule has 0 saturated carbocycles. The van der Waals surface area contributed by atoms with Gasteiger partial charge in [-0.3, -0.25) is 0 Å². The maximum atomic E-state index is 11.7. The second-order valence-electron chi connectivity index (χ2n) is 5.11. The number of carbonyl (C=O) groups excluding carboxylic acids is 2. The summed E-state index contributed by atoms with van der Waals surface area (Å²) in [4.78, 5) is 25.4. The van der Waals surface area contributed by atoms with E-state index >= 15 is 0 Å². The van der Waals surface area contributed by atoms with Gasteiger partial charge in [0.25, 0.3) is 0 Å². The van der Waals surface area contributed by atoms with Gasteiger partial charge in [-0.05, 0) is 26.3 Å². The summed E-state index contributed by atoms with van der Waals surface area (Å²) in [5, 5.41) is 2.69. The number of nitrogens with zero attached hydrogens (tertiary/aromatic N) is 1. The standard InChI is InChI=1S/C14H18N2O3/c1-14(2,3)16-13(18)19-12(9-15-10-17)11-7-5-4-6-8-11/h4-8,12H,9H2,1-3H3,(H,16,18). The Morgan fingerprint density at radius 1 is 1.37 bits per heavy atom. The van der Waals surface area contributed by atoms with Gasteiger partial charge in [-0.25, -0.2) is 14.6 Å². The van der Waals surface area contributed by atoms with E-state index in [9.17, 15) is 9.59 Å². The van der Waals surface area contributed by atoms with Gasteiger partial charge < -0.3 is 10.1 Å². The summed E-state index contributed by atoms with van der Waals surface area (Å²) in [5.41, 5.74) is 0.400. The fourth-order valence-corrected chi connectivity index (χ4v) is 1.46. The number of isocyanates is 1. The summed E-state index contributed by atoms with van der Waals surface area (Å²) < 4.78 is 5.29. The van der Waals surface area contributed by atoms with E-state index in [4.69, 9.17) is 4.74 Å². The number of carbonyl (C=O) groups is 1. The number of alkyl carbamates (subject to hydrolysis) is 1. The van der Waals surface area contributed by atoms with E-state index in [1.807, 2.05) is 51.1 Å². The number of hydrogen-bond acceptors (Lipinski definition) is 4. The second-order valence-corrected chi connectivity index (χ2v) is 5.11. The Hall–Kier alpha value is -2.13. The first-order chi connectivity index (χ1) is 8.92. The molecule has 1 unspecified atom stereocenters. The molecule has 1 aromatic rings. The maximum absolute atomic E-state index is 11.7. The predicted octanol–water partition coefficient (Wildman–Crippen LogP) is 2.59. The lowest BCUT2D eigenvalue weighted by Crippen LogP contribution is -2.41. The van der Waals surface area contributed by atoms with Crippen molar-refractivity contribution in [3.63, 3.8) is 0 Å². The first-order valence-electron chi connectivity index (χ1n) is 6.00. The monoisotopic (exact) mass is 262 g/mol. The highest BCUT2D eigenvalue weighted by Crippen LogP contribution is 2.18. The van der Waals surface area contributed by atoms with Crippen molar-refractivity contribution in [3.05, 3.63) is 35.9 Å². The van der Waals surface area contributed by atoms with E-state index in [0.717, 1.165) is 5.56 Å². The number of benzene rings is 1. The summed E-state index contributed by atoms with van der Waals surface area (Å²) in [6, 6.07) is 9.15. The molecule has 1 atom stereocenters. The number of rotatable bonds is 4. The molecule has 19 heavy (non-hydrogen) atoms. The summed E-state index contributed by atoms with van der Waals surface area (Å²) in [7, 11) is 0. The van der Waals surface area contributed by atoms with Gasteiger partial charge in [0.05, 0.1) is 6.54 Å². The van der Waals surface area contributed by atoms with Crippen LogP contribution in [0.3, 0.4) is 0 Å². The Bertz CT molecular complexity index is 459. The second kappa shape index (κ2) is 6.71. The summed E-state index contributed by atoms with van der Waals surface area (Å²) in [6.07, 6.45) is 0.321. The zero-order chi connectivity index (χ0) is 14.3. The maximum Gasteiger partial charge on any atom is 0.408 e. The van der Waals surface area contributed by atoms with Gasteiger partial charge in [-0.2, -0.15) is 0 Å². The van der Waals surface area contributed by atoms with Crippen LogP contribution in [0.15, 0.2) is 35.3 Å². The summed E-state index contributed by atoms with van der Waals surface area (Å²) in [6.45, 7) is 5.63. The van der Waals surface area contributed by atoms with E-state index in [2.05, 4.69) is 10.3 Å². The molecule has 0 aliphatic carbocycles. The van der Waals surface area contributed by atoms with Crippen molar-refractivity contribution in [1.29, 1.82) is 0 Å². The number of nitrogens with one attached hydrogen (secondary N) is 1. The molecule has 0 spiro atoms. The van der Waals surface area contributed by atoms with Crippen molar-refractivity contribution in [2.75, 3.05) is 6.54 Å². The van der Waals surface area contributed by atoms with E-state index in [0.29, 0.717) is 0 Å². The summed E-state index contributed by atoms with van der Waals surface area (Å²) >= 11 is 0. The molecule has 1 N–H and O–H groups in total. The van der Waals surface area contributed by atoms with Gasteiger partial charge in [0.2, 0.25) is 6.08 Å². The molecular formula is C14H18N2O3. The third kappa shape index (κ3) is 5.84. The van der Waals surface area contributed by atoms with Crippen LogP contribution in [-0.2, 0) is 9.53 Å². The Labute approximate surface area is 112 Å². The van der Waals surface area contributed by atoms with Gasteiger partial charge in [0.1, 0.15) is 6.10 Å². The van der Waals surface area contributed by atoms with E-state index in [-0.39, 0.29) is 12.1 Å². The van der Waals surface area contributed by atoms with Crippen molar-refractivity contribution in [2.24, 2.45) is 4.99 Å². The molecule has 0 fully saturated rings. The quantitative estimate of drug-likeness (QED) is 0.670. The fourth-order valence-electron chi connectivity index (χ4n) is 1.46. The van der Waals surface area contributed by atoms with Crippen LogP contribution in [-0.4, -0.2) is 24.3 Å². The molecule has 0 radical (unpaired) electrons. The van der Waals surface area contributed by atoms with Crippen molar-refractivity contribution in [3.8, 4) is 0 Å². The number of aliphatic imine (C=N–C) groups is 1. The van der Waals surface area contributed by atoms with Crippen LogP contribution in [0.5, 0.6) is 0 Å². The first kappa shape index (κ1) is 14.9. The van der Waals surface area contributed by atoms with Crippen LogP contribution >= 0.6 is 0 Å². The molecule has 1 amide bonds. The Morgan fingerprint density at radius 3 is 2.53 bits per heavy atom. The number of ether oxygens (including phenoxy) is 1. The van der Waals surface area contributed by atoms with E-state index in [1.54, 1.807) is 0 Å². The lowest BCUT2D eigenvalue weighted by atomic mass is 10.1. The van der Waals surface area contributed by atoms with Crippen LogP contribution in [0, 0.1) is 0 Å². The van der Waals surface area contributed by atoms with Gasteiger partial charge >= 0.3 is 6.09 Å². The normalized spacial score (nSPS) is 12.2. The fraction of sp³-hybridized carbons (Fsp3) is 0.429. The SMILES string of the molecule is CC(C)(C)NC(=O)OC(CN=C=O)c1ccccc1. The van der Waals surface area contributed by atoms with Crippen LogP contribution in [0.2, 0.25) is 0 Å². The molecule has 5 nitrogen and oxygen atoms in total. The smallest absolute Gasteiger partial charge is 0.408 e. The molecule has 0 aliphatic heterocycles. The number of amides is 1. The van der Waals surface area contributed by atoms with Crippen LogP contribution < -0.4 is 5.32 Å². The topological polar surface area (TPSA) is 67.8 Å². The first-order valence-corrected chi connectivity index (χ1v) is 6.00. The highest BCUT2D eigenvalue weighted by atomic mass is 16.6. The largest absolute Gasteiger partial charge is 0.439 e. The zero-order valence-electron chi connectivity index (χ0n) is 11.3. The molecule has 0 saturated heterocycles. The van der Waals surface area contributed by atoms with Crippen LogP contribution in [0.25, 0.3) is 0 Å². The molecule has 0 aliphatic rings. The predicted molar refractivity (Wildman–Crippen MR) is 71.5 cm³/mol. The van der Waals surface area contributed by atoms with Gasteiger partial charge in [0, 0.05) is 5.54 Å². The summed E-state index contributed by atoms with van der Waals surface area (Å²) in [5.74, 6) is 0. The highest BCUT2D eigenvalue weighted by molar-refractivity contribution is 5.68. The van der Waals surface area contributed by atoms with Crippen molar-refractivity contribution < 1.29 is 14.3 Å².